The van der Waals surface area contributed by atoms with Crippen LogP contribution in [-0.4, -0.2) is 84.3 Å². The molecule has 0 unspecified atom stereocenters. The monoisotopic (exact) mass is 533 g/mol. The molecule has 0 aliphatic carbocycles. The number of halogens is 4. The van der Waals surface area contributed by atoms with Gasteiger partial charge in [0, 0.05) is 18.3 Å². The Balaban J connectivity index is 1.28. The van der Waals surface area contributed by atoms with Gasteiger partial charge in [-0.3, -0.25) is 4.90 Å². The number of hydrogen-bond donors (Lipinski definition) is 2. The molecule has 0 aromatic carbocycles. The molecule has 4 aromatic heterocycles. The number of ether oxygens (including phenoxy) is 1. The van der Waals surface area contributed by atoms with Crippen LogP contribution in [0.25, 0.3) is 27.9 Å². The lowest BCUT2D eigenvalue weighted by Gasteiger charge is -2.51. The summed E-state index contributed by atoms with van der Waals surface area (Å²) in [5.74, 6) is -2.52. The van der Waals surface area contributed by atoms with Crippen LogP contribution in [0.1, 0.15) is 19.2 Å². The Kier molecular flexibility index (Phi) is 5.72. The van der Waals surface area contributed by atoms with Gasteiger partial charge in [0.1, 0.15) is 16.9 Å². The number of nitrogens with two attached hydrogens (primary N) is 1. The van der Waals surface area contributed by atoms with Gasteiger partial charge in [0.25, 0.3) is 12.3 Å². The summed E-state index contributed by atoms with van der Waals surface area (Å²) in [6.45, 7) is 4.06. The maximum absolute atomic E-state index is 15.1. The van der Waals surface area contributed by atoms with Crippen LogP contribution < -0.4 is 11.1 Å². The first-order valence-electron chi connectivity index (χ1n) is 12.3. The smallest absolute Gasteiger partial charge is 0.280 e. The molecule has 2 fully saturated rings. The number of pyridine rings is 1. The van der Waals surface area contributed by atoms with Crippen LogP contribution in [0.3, 0.4) is 0 Å². The third-order valence-corrected chi connectivity index (χ3v) is 7.41. The van der Waals surface area contributed by atoms with Gasteiger partial charge in [-0.2, -0.15) is 4.98 Å². The highest BCUT2D eigenvalue weighted by Gasteiger charge is 2.51. The zero-order chi connectivity index (χ0) is 26.8. The molecule has 0 saturated carbocycles. The van der Waals surface area contributed by atoms with Crippen molar-refractivity contribution in [2.75, 3.05) is 37.4 Å². The Morgan fingerprint density at radius 2 is 1.97 bits per heavy atom. The molecule has 6 rings (SSSR count). The zero-order valence-corrected chi connectivity index (χ0v) is 20.8. The second-order valence-corrected chi connectivity index (χ2v) is 10.2. The molecule has 0 radical (unpaired) electrons. The summed E-state index contributed by atoms with van der Waals surface area (Å²) in [5.41, 5.74) is 8.21. The molecule has 2 saturated heterocycles. The van der Waals surface area contributed by atoms with Crippen molar-refractivity contribution in [2.24, 2.45) is 0 Å². The average Bonchev–Trinajstić information content (AvgIpc) is 3.39. The van der Waals surface area contributed by atoms with Gasteiger partial charge in [-0.25, -0.2) is 32.0 Å². The van der Waals surface area contributed by atoms with E-state index in [1.54, 1.807) is 36.2 Å². The van der Waals surface area contributed by atoms with Gasteiger partial charge in [0.15, 0.2) is 11.5 Å². The lowest BCUT2D eigenvalue weighted by molar-refractivity contribution is -0.174. The molecule has 4 aromatic rings. The number of nitrogens with one attached hydrogen (secondary N) is 1. The third kappa shape index (κ3) is 4.11. The van der Waals surface area contributed by atoms with Crippen LogP contribution >= 0.6 is 0 Å². The fraction of sp³-hybridized carbons (Fsp3) is 0.500. The van der Waals surface area contributed by atoms with E-state index in [4.69, 9.17) is 10.5 Å². The van der Waals surface area contributed by atoms with E-state index in [0.29, 0.717) is 53.5 Å². The van der Waals surface area contributed by atoms with Crippen molar-refractivity contribution < 1.29 is 22.3 Å². The topological polar surface area (TPSA) is 111 Å². The second-order valence-electron chi connectivity index (χ2n) is 10.2. The summed E-state index contributed by atoms with van der Waals surface area (Å²) >= 11 is 0. The molecule has 2 aliphatic rings. The standard InChI is InChI=1S/C24H27F4N9O/c1-13-30-16-4-3-15(31-21(16)36(13)9-18(25)26)14-5-8-37-19(14)20(29)33-22(34-37)32-17-6-7-35(10-24(17,27)28)23(2)11-38-12-23/h3-5,8,17-18H,6-7,9-12H2,1-2H3,(H3,29,32,33,34)/t17-/m1/s1. The van der Waals surface area contributed by atoms with E-state index in [1.807, 2.05) is 6.92 Å². The summed E-state index contributed by atoms with van der Waals surface area (Å²) in [4.78, 5) is 14.9. The number of fused-ring (bicyclic) bond motifs is 2. The number of aromatic nitrogens is 6. The predicted octanol–water partition coefficient (Wildman–Crippen LogP) is 3.21. The fourth-order valence-electron chi connectivity index (χ4n) is 5.26. The molecule has 0 spiro atoms. The zero-order valence-electron chi connectivity index (χ0n) is 20.8. The van der Waals surface area contributed by atoms with Gasteiger partial charge in [-0.05, 0) is 38.5 Å². The SMILES string of the molecule is Cc1nc2ccc(-c3ccn4nc(N[C@@H]5CCN(C6(C)COC6)CC5(F)F)nc(N)c34)nc2n1CC(F)F. The van der Waals surface area contributed by atoms with Crippen molar-refractivity contribution in [1.29, 1.82) is 0 Å². The van der Waals surface area contributed by atoms with Gasteiger partial charge in [0.2, 0.25) is 5.95 Å². The lowest BCUT2D eigenvalue weighted by atomic mass is 9.91. The van der Waals surface area contributed by atoms with Crippen LogP contribution in [0.2, 0.25) is 0 Å². The van der Waals surface area contributed by atoms with E-state index >= 15 is 8.78 Å². The minimum atomic E-state index is -3.01. The van der Waals surface area contributed by atoms with Crippen molar-refractivity contribution in [1.82, 2.24) is 34.0 Å². The molecule has 14 heteroatoms. The minimum absolute atomic E-state index is 0.0116. The van der Waals surface area contributed by atoms with E-state index in [9.17, 15) is 8.78 Å². The van der Waals surface area contributed by atoms with Crippen LogP contribution in [0.5, 0.6) is 0 Å². The number of nitrogens with zero attached hydrogens (tertiary/aromatic N) is 7. The first kappa shape index (κ1) is 24.8. The van der Waals surface area contributed by atoms with E-state index in [1.165, 1.54) is 9.08 Å². The van der Waals surface area contributed by atoms with Crippen molar-refractivity contribution in [3.8, 4) is 11.3 Å². The number of alkyl halides is 4. The lowest BCUT2D eigenvalue weighted by Crippen LogP contribution is -2.67. The highest BCUT2D eigenvalue weighted by Crippen LogP contribution is 2.36. The molecule has 3 N–H and O–H groups in total. The molecule has 2 aliphatic heterocycles. The molecular formula is C24H27F4N9O. The molecule has 202 valence electrons. The number of hydrogen-bond acceptors (Lipinski definition) is 8. The first-order valence-corrected chi connectivity index (χ1v) is 12.3. The van der Waals surface area contributed by atoms with Gasteiger partial charge < -0.3 is 20.4 Å². The summed E-state index contributed by atoms with van der Waals surface area (Å²) in [6, 6.07) is 3.98. The largest absolute Gasteiger partial charge is 0.382 e. The van der Waals surface area contributed by atoms with Crippen LogP contribution in [0, 0.1) is 6.92 Å². The summed E-state index contributed by atoms with van der Waals surface area (Å²) in [5, 5.41) is 7.15. The van der Waals surface area contributed by atoms with Gasteiger partial charge in [-0.15, -0.1) is 5.10 Å². The average molecular weight is 534 g/mol. The molecule has 1 atom stereocenters. The van der Waals surface area contributed by atoms with Crippen LogP contribution in [0.4, 0.5) is 29.3 Å². The van der Waals surface area contributed by atoms with Gasteiger partial charge >= 0.3 is 0 Å². The van der Waals surface area contributed by atoms with Crippen molar-refractivity contribution >= 4 is 28.4 Å². The van der Waals surface area contributed by atoms with E-state index in [0.717, 1.165) is 0 Å². The quantitative estimate of drug-likeness (QED) is 0.364. The van der Waals surface area contributed by atoms with Crippen LogP contribution in [0.15, 0.2) is 24.4 Å². The van der Waals surface area contributed by atoms with Crippen LogP contribution in [-0.2, 0) is 11.3 Å². The van der Waals surface area contributed by atoms with Gasteiger partial charge in [0.05, 0.1) is 43.6 Å². The highest BCUT2D eigenvalue weighted by atomic mass is 19.3. The molecule has 0 bridgehead atoms. The third-order valence-electron chi connectivity index (χ3n) is 7.41. The summed E-state index contributed by atoms with van der Waals surface area (Å²) in [6.07, 6.45) is -0.729. The Morgan fingerprint density at radius 3 is 2.66 bits per heavy atom. The Labute approximate surface area is 214 Å². The number of aryl methyl sites for hydroxylation is 1. The van der Waals surface area contributed by atoms with Crippen molar-refractivity contribution in [2.45, 2.75) is 50.7 Å². The van der Waals surface area contributed by atoms with E-state index in [-0.39, 0.29) is 30.3 Å². The summed E-state index contributed by atoms with van der Waals surface area (Å²) in [7, 11) is 0. The van der Waals surface area contributed by atoms with Crippen molar-refractivity contribution in [3.63, 3.8) is 0 Å². The molecular weight excluding hydrogens is 506 g/mol. The number of piperidine rings is 1. The maximum atomic E-state index is 15.1. The number of likely N-dealkylation sites (tertiary alicyclic amines) is 1. The van der Waals surface area contributed by atoms with Gasteiger partial charge in [-0.1, -0.05) is 0 Å². The minimum Gasteiger partial charge on any atom is -0.382 e. The first-order chi connectivity index (χ1) is 18.0. The number of anilines is 2. The molecule has 10 nitrogen and oxygen atoms in total. The molecule has 38 heavy (non-hydrogen) atoms. The Hall–Kier alpha value is -3.52. The molecule has 6 heterocycles. The maximum Gasteiger partial charge on any atom is 0.280 e. The second kappa shape index (κ2) is 8.76. The van der Waals surface area contributed by atoms with Crippen molar-refractivity contribution in [3.05, 3.63) is 30.2 Å². The summed E-state index contributed by atoms with van der Waals surface area (Å²) < 4.78 is 64.4. The fourth-order valence-corrected chi connectivity index (χ4v) is 5.26. The highest BCUT2D eigenvalue weighted by molar-refractivity contribution is 5.88. The number of nitrogen functional groups attached to an aromatic ring is 1. The number of rotatable bonds is 6. The number of imidazole rings is 1. The van der Waals surface area contributed by atoms with E-state index < -0.39 is 24.9 Å². The van der Waals surface area contributed by atoms with E-state index in [2.05, 4.69) is 25.4 Å². The predicted molar refractivity (Wildman–Crippen MR) is 132 cm³/mol. The normalized spacial score (nSPS) is 21.3. The Bertz CT molecular complexity index is 1510. The molecule has 0 amide bonds. The Morgan fingerprint density at radius 1 is 1.18 bits per heavy atom.